The topological polar surface area (TPSA) is 97.6 Å². The summed E-state index contributed by atoms with van der Waals surface area (Å²) in [5.74, 6) is 0. The van der Waals surface area contributed by atoms with Gasteiger partial charge < -0.3 is 9.72 Å². The fourth-order valence-electron chi connectivity index (χ4n) is 3.44. The molecule has 0 saturated heterocycles. The van der Waals surface area contributed by atoms with Crippen LogP contribution in [0.15, 0.2) is 76.3 Å². The van der Waals surface area contributed by atoms with Crippen LogP contribution in [0.2, 0.25) is 0 Å². The third kappa shape index (κ3) is 4.14. The van der Waals surface area contributed by atoms with Crippen molar-refractivity contribution in [2.75, 3.05) is 0 Å². The van der Waals surface area contributed by atoms with E-state index in [4.69, 9.17) is 4.74 Å². The second-order valence-corrected chi connectivity index (χ2v) is 6.85. The van der Waals surface area contributed by atoms with Crippen molar-refractivity contribution >= 4 is 22.7 Å². The first-order chi connectivity index (χ1) is 14.1. The van der Waals surface area contributed by atoms with Gasteiger partial charge in [-0.2, -0.15) is 0 Å². The fourth-order valence-corrected chi connectivity index (χ4v) is 3.44. The molecule has 0 fully saturated rings. The second-order valence-electron chi connectivity index (χ2n) is 6.85. The SMILES string of the molecule is O=c1[nH]ccc2ccc(C(OCc3cccc([N+](=O)[O-])c3)C3=CN=CCC3)cc12. The highest BCUT2D eigenvalue weighted by molar-refractivity contribution is 5.82. The van der Waals surface area contributed by atoms with E-state index in [-0.39, 0.29) is 17.9 Å². The fraction of sp³-hybridized carbons (Fsp3) is 0.182. The first-order valence-corrected chi connectivity index (χ1v) is 9.29. The van der Waals surface area contributed by atoms with Gasteiger partial charge in [0.15, 0.2) is 0 Å². The molecule has 4 rings (SSSR count). The molecule has 1 aliphatic rings. The lowest BCUT2D eigenvalue weighted by Gasteiger charge is -2.23. The van der Waals surface area contributed by atoms with E-state index in [0.29, 0.717) is 10.9 Å². The quantitative estimate of drug-likeness (QED) is 0.498. The summed E-state index contributed by atoms with van der Waals surface area (Å²) >= 11 is 0. The van der Waals surface area contributed by atoms with Crippen molar-refractivity contribution in [3.05, 3.63) is 98.1 Å². The number of aromatic amines is 1. The molecule has 0 saturated carbocycles. The van der Waals surface area contributed by atoms with Gasteiger partial charge in [0.25, 0.3) is 11.2 Å². The van der Waals surface area contributed by atoms with Crippen molar-refractivity contribution in [1.29, 1.82) is 0 Å². The van der Waals surface area contributed by atoms with E-state index in [9.17, 15) is 14.9 Å². The minimum atomic E-state index is -0.422. The number of hydrogen-bond donors (Lipinski definition) is 1. The van der Waals surface area contributed by atoms with Gasteiger partial charge >= 0.3 is 0 Å². The van der Waals surface area contributed by atoms with Gasteiger partial charge in [-0.05, 0) is 47.1 Å². The van der Waals surface area contributed by atoms with Crippen molar-refractivity contribution < 1.29 is 9.66 Å². The third-order valence-corrected chi connectivity index (χ3v) is 4.88. The summed E-state index contributed by atoms with van der Waals surface area (Å²) in [6, 6.07) is 13.9. The molecular formula is C22H19N3O4. The van der Waals surface area contributed by atoms with Crippen molar-refractivity contribution in [2.24, 2.45) is 4.99 Å². The molecule has 29 heavy (non-hydrogen) atoms. The Morgan fingerprint density at radius 3 is 2.90 bits per heavy atom. The molecule has 2 aromatic carbocycles. The zero-order chi connectivity index (χ0) is 20.2. The van der Waals surface area contributed by atoms with Gasteiger partial charge in [0.2, 0.25) is 0 Å². The van der Waals surface area contributed by atoms with E-state index in [1.54, 1.807) is 24.5 Å². The number of pyridine rings is 1. The summed E-state index contributed by atoms with van der Waals surface area (Å²) in [4.78, 5) is 29.8. The van der Waals surface area contributed by atoms with Crippen molar-refractivity contribution in [3.8, 4) is 0 Å². The monoisotopic (exact) mass is 389 g/mol. The lowest BCUT2D eigenvalue weighted by atomic mass is 9.95. The molecule has 0 spiro atoms. The van der Waals surface area contributed by atoms with E-state index in [1.807, 2.05) is 30.5 Å². The van der Waals surface area contributed by atoms with Gasteiger partial charge in [0, 0.05) is 36.1 Å². The number of H-pyrrole nitrogens is 1. The molecule has 1 unspecified atom stereocenters. The maximum atomic E-state index is 12.2. The number of benzene rings is 2. The summed E-state index contributed by atoms with van der Waals surface area (Å²) in [5.41, 5.74) is 2.44. The highest BCUT2D eigenvalue weighted by Gasteiger charge is 2.20. The van der Waals surface area contributed by atoms with Gasteiger partial charge in [0.1, 0.15) is 6.10 Å². The lowest BCUT2D eigenvalue weighted by molar-refractivity contribution is -0.385. The molecule has 7 heteroatoms. The minimum absolute atomic E-state index is 0.0290. The van der Waals surface area contributed by atoms with E-state index >= 15 is 0 Å². The van der Waals surface area contributed by atoms with E-state index < -0.39 is 11.0 Å². The van der Waals surface area contributed by atoms with Crippen LogP contribution in [0.1, 0.15) is 30.1 Å². The summed E-state index contributed by atoms with van der Waals surface area (Å²) < 4.78 is 6.20. The van der Waals surface area contributed by atoms with Gasteiger partial charge in [-0.3, -0.25) is 19.9 Å². The highest BCUT2D eigenvalue weighted by atomic mass is 16.6. The van der Waals surface area contributed by atoms with E-state index in [2.05, 4.69) is 9.98 Å². The number of fused-ring (bicyclic) bond motifs is 1. The smallest absolute Gasteiger partial charge is 0.269 e. The Bertz CT molecular complexity index is 1180. The number of aliphatic imine (C=N–C) groups is 1. The molecule has 7 nitrogen and oxygen atoms in total. The Morgan fingerprint density at radius 1 is 1.21 bits per heavy atom. The number of hydrogen-bond acceptors (Lipinski definition) is 5. The van der Waals surface area contributed by atoms with Crippen LogP contribution in [0.4, 0.5) is 5.69 Å². The average Bonchev–Trinajstić information content (AvgIpc) is 2.75. The van der Waals surface area contributed by atoms with Gasteiger partial charge in [-0.25, -0.2) is 0 Å². The number of ether oxygens (including phenoxy) is 1. The molecule has 146 valence electrons. The molecule has 1 aliphatic heterocycles. The molecule has 0 radical (unpaired) electrons. The van der Waals surface area contributed by atoms with Crippen LogP contribution in [-0.2, 0) is 11.3 Å². The summed E-state index contributed by atoms with van der Waals surface area (Å²) in [6.45, 7) is 0.205. The number of nitro benzene ring substituents is 1. The molecule has 0 aliphatic carbocycles. The van der Waals surface area contributed by atoms with Crippen LogP contribution in [0.3, 0.4) is 0 Å². The predicted molar refractivity (Wildman–Crippen MR) is 111 cm³/mol. The predicted octanol–water partition coefficient (Wildman–Crippen LogP) is 4.44. The molecule has 1 atom stereocenters. The normalized spacial score (nSPS) is 14.6. The number of rotatable bonds is 6. The molecule has 3 aromatic rings. The minimum Gasteiger partial charge on any atom is -0.364 e. The Balaban J connectivity index is 1.67. The molecule has 1 N–H and O–H groups in total. The third-order valence-electron chi connectivity index (χ3n) is 4.88. The van der Waals surface area contributed by atoms with Crippen LogP contribution in [0, 0.1) is 10.1 Å². The van der Waals surface area contributed by atoms with Gasteiger partial charge in [0.05, 0.1) is 11.5 Å². The largest absolute Gasteiger partial charge is 0.364 e. The molecule has 0 bridgehead atoms. The highest BCUT2D eigenvalue weighted by Crippen LogP contribution is 2.32. The van der Waals surface area contributed by atoms with Gasteiger partial charge in [-0.15, -0.1) is 0 Å². The number of nitro groups is 1. The van der Waals surface area contributed by atoms with E-state index in [0.717, 1.165) is 29.4 Å². The van der Waals surface area contributed by atoms with Crippen molar-refractivity contribution in [1.82, 2.24) is 4.98 Å². The number of aromatic nitrogens is 1. The van der Waals surface area contributed by atoms with Crippen LogP contribution in [-0.4, -0.2) is 16.1 Å². The zero-order valence-electron chi connectivity index (χ0n) is 15.6. The standard InChI is InChI=1S/C22H19N3O4/c26-22-20-12-17(7-6-16(20)8-10-24-22)21(18-4-2-9-23-13-18)29-14-15-3-1-5-19(11-15)25(27)28/h1,3,5-13,21H,2,4,14H2,(H,24,26). The van der Waals surface area contributed by atoms with Crippen molar-refractivity contribution in [2.45, 2.75) is 25.6 Å². The Morgan fingerprint density at radius 2 is 2.10 bits per heavy atom. The van der Waals surface area contributed by atoms with Crippen LogP contribution in [0.25, 0.3) is 10.8 Å². The maximum Gasteiger partial charge on any atom is 0.269 e. The molecular weight excluding hydrogens is 370 g/mol. The summed E-state index contributed by atoms with van der Waals surface area (Å²) in [7, 11) is 0. The summed E-state index contributed by atoms with van der Waals surface area (Å²) in [5, 5.41) is 12.5. The van der Waals surface area contributed by atoms with Crippen LogP contribution < -0.4 is 5.56 Å². The number of nitrogens with zero attached hydrogens (tertiary/aromatic N) is 2. The second kappa shape index (κ2) is 8.20. The Hall–Kier alpha value is -3.58. The maximum absolute atomic E-state index is 12.2. The Labute approximate surface area is 166 Å². The molecule has 2 heterocycles. The number of non-ortho nitro benzene ring substituents is 1. The van der Waals surface area contributed by atoms with Crippen LogP contribution in [0.5, 0.6) is 0 Å². The van der Waals surface area contributed by atoms with Crippen molar-refractivity contribution in [3.63, 3.8) is 0 Å². The Kier molecular flexibility index (Phi) is 5.31. The molecule has 0 amide bonds. The zero-order valence-corrected chi connectivity index (χ0v) is 15.6. The first-order valence-electron chi connectivity index (χ1n) is 9.29. The summed E-state index contributed by atoms with van der Waals surface area (Å²) in [6.07, 6.45) is 6.49. The molecule has 1 aromatic heterocycles. The average molecular weight is 389 g/mol. The van der Waals surface area contributed by atoms with Crippen LogP contribution >= 0.6 is 0 Å². The first kappa shape index (κ1) is 18.8. The number of nitrogens with one attached hydrogen (secondary N) is 1. The lowest BCUT2D eigenvalue weighted by Crippen LogP contribution is -2.11. The van der Waals surface area contributed by atoms with E-state index in [1.165, 1.54) is 12.1 Å². The van der Waals surface area contributed by atoms with Gasteiger partial charge in [-0.1, -0.05) is 24.3 Å².